The van der Waals surface area contributed by atoms with Gasteiger partial charge in [-0.05, 0) is 24.3 Å². The van der Waals surface area contributed by atoms with Gasteiger partial charge in [0.15, 0.2) is 0 Å². The number of aromatic nitrogens is 2. The third-order valence-corrected chi connectivity index (χ3v) is 4.12. The van der Waals surface area contributed by atoms with E-state index in [4.69, 9.17) is 5.73 Å². The molecule has 1 aliphatic carbocycles. The molecule has 78 valence electrons. The first-order valence-electron chi connectivity index (χ1n) is 5.15. The fourth-order valence-corrected chi connectivity index (χ4v) is 3.15. The molecule has 2 atom stereocenters. The van der Waals surface area contributed by atoms with Gasteiger partial charge < -0.3 is 5.73 Å². The summed E-state index contributed by atoms with van der Waals surface area (Å²) in [5, 5.41) is 9.25. The number of hydrogen-bond donors (Lipinski definition) is 2. The molecule has 2 unspecified atom stereocenters. The summed E-state index contributed by atoms with van der Waals surface area (Å²) in [6.07, 6.45) is 3.95. The van der Waals surface area contributed by atoms with Crippen LogP contribution in [0.4, 0.5) is 0 Å². The van der Waals surface area contributed by atoms with Crippen LogP contribution < -0.4 is 5.73 Å². The highest BCUT2D eigenvalue weighted by molar-refractivity contribution is 7.10. The maximum Gasteiger partial charge on any atom is 0.0537 e. The lowest BCUT2D eigenvalue weighted by Crippen LogP contribution is -2.21. The van der Waals surface area contributed by atoms with Gasteiger partial charge in [0.25, 0.3) is 0 Å². The zero-order valence-corrected chi connectivity index (χ0v) is 9.13. The van der Waals surface area contributed by atoms with Crippen LogP contribution in [0.15, 0.2) is 23.7 Å². The SMILES string of the molecule is NC1CC(c2cccs2)Cc2[nH]ncc21. The molecule has 0 aromatic carbocycles. The molecule has 3 nitrogen and oxygen atoms in total. The summed E-state index contributed by atoms with van der Waals surface area (Å²) in [5.41, 5.74) is 8.54. The molecule has 0 saturated carbocycles. The second-order valence-corrected chi connectivity index (χ2v) is 5.04. The fourth-order valence-electron chi connectivity index (χ4n) is 2.31. The van der Waals surface area contributed by atoms with Gasteiger partial charge >= 0.3 is 0 Å². The minimum atomic E-state index is 0.139. The summed E-state index contributed by atoms with van der Waals surface area (Å²) >= 11 is 1.82. The molecule has 0 saturated heterocycles. The second kappa shape index (κ2) is 3.47. The predicted molar refractivity (Wildman–Crippen MR) is 60.9 cm³/mol. The molecular weight excluding hydrogens is 206 g/mol. The largest absolute Gasteiger partial charge is 0.324 e. The zero-order chi connectivity index (χ0) is 10.3. The summed E-state index contributed by atoms with van der Waals surface area (Å²) in [6.45, 7) is 0. The number of aromatic amines is 1. The van der Waals surface area contributed by atoms with Crippen LogP contribution in [0.5, 0.6) is 0 Å². The number of nitrogens with one attached hydrogen (secondary N) is 1. The Morgan fingerprint density at radius 2 is 2.47 bits per heavy atom. The van der Waals surface area contributed by atoms with E-state index in [0.717, 1.165) is 12.8 Å². The normalized spacial score (nSPS) is 25.1. The molecule has 3 N–H and O–H groups in total. The van der Waals surface area contributed by atoms with Crippen LogP contribution in [-0.4, -0.2) is 10.2 Å². The van der Waals surface area contributed by atoms with Crippen molar-refractivity contribution in [1.82, 2.24) is 10.2 Å². The lowest BCUT2D eigenvalue weighted by atomic mass is 9.84. The molecule has 0 amide bonds. The standard InChI is InChI=1S/C11H13N3S/c12-9-4-7(11-2-1-3-15-11)5-10-8(9)6-13-14-10/h1-3,6-7,9H,4-5,12H2,(H,13,14). The van der Waals surface area contributed by atoms with Gasteiger partial charge in [-0.25, -0.2) is 0 Å². The van der Waals surface area contributed by atoms with Gasteiger partial charge in [-0.15, -0.1) is 11.3 Å². The maximum absolute atomic E-state index is 6.13. The summed E-state index contributed by atoms with van der Waals surface area (Å²) in [6, 6.07) is 4.44. The van der Waals surface area contributed by atoms with E-state index in [2.05, 4.69) is 27.7 Å². The molecule has 4 heteroatoms. The van der Waals surface area contributed by atoms with Gasteiger partial charge in [0.2, 0.25) is 0 Å². The van der Waals surface area contributed by atoms with Gasteiger partial charge in [0, 0.05) is 28.1 Å². The van der Waals surface area contributed by atoms with Crippen LogP contribution in [0.2, 0.25) is 0 Å². The third-order valence-electron chi connectivity index (χ3n) is 3.09. The molecule has 0 radical (unpaired) electrons. The van der Waals surface area contributed by atoms with Crippen molar-refractivity contribution in [3.63, 3.8) is 0 Å². The van der Waals surface area contributed by atoms with Crippen LogP contribution in [0.1, 0.15) is 34.5 Å². The number of fused-ring (bicyclic) bond motifs is 1. The summed E-state index contributed by atoms with van der Waals surface area (Å²) in [4.78, 5) is 1.44. The first-order chi connectivity index (χ1) is 7.34. The Hall–Kier alpha value is -1.13. The Morgan fingerprint density at radius 3 is 3.27 bits per heavy atom. The molecule has 3 rings (SSSR count). The molecule has 2 heterocycles. The van der Waals surface area contributed by atoms with Gasteiger partial charge in [-0.3, -0.25) is 5.10 Å². The number of rotatable bonds is 1. The van der Waals surface area contributed by atoms with E-state index in [-0.39, 0.29) is 6.04 Å². The minimum Gasteiger partial charge on any atom is -0.324 e. The molecule has 0 bridgehead atoms. The average Bonchev–Trinajstić information content (AvgIpc) is 2.88. The number of nitrogens with two attached hydrogens (primary N) is 1. The minimum absolute atomic E-state index is 0.139. The fraction of sp³-hybridized carbons (Fsp3) is 0.364. The van der Waals surface area contributed by atoms with E-state index in [1.54, 1.807) is 0 Å². The molecule has 0 spiro atoms. The van der Waals surface area contributed by atoms with Crippen molar-refractivity contribution in [3.05, 3.63) is 39.8 Å². The van der Waals surface area contributed by atoms with Crippen LogP contribution in [0.3, 0.4) is 0 Å². The van der Waals surface area contributed by atoms with E-state index in [1.807, 2.05) is 17.5 Å². The van der Waals surface area contributed by atoms with E-state index in [0.29, 0.717) is 5.92 Å². The Balaban J connectivity index is 1.93. The smallest absolute Gasteiger partial charge is 0.0537 e. The van der Waals surface area contributed by atoms with Gasteiger partial charge in [0.1, 0.15) is 0 Å². The lowest BCUT2D eigenvalue weighted by Gasteiger charge is -2.25. The van der Waals surface area contributed by atoms with Crippen molar-refractivity contribution in [2.75, 3.05) is 0 Å². The van der Waals surface area contributed by atoms with E-state index in [9.17, 15) is 0 Å². The number of thiophene rings is 1. The van der Waals surface area contributed by atoms with E-state index in [1.165, 1.54) is 16.1 Å². The number of H-pyrrole nitrogens is 1. The van der Waals surface area contributed by atoms with Crippen LogP contribution in [0, 0.1) is 0 Å². The maximum atomic E-state index is 6.13. The lowest BCUT2D eigenvalue weighted by molar-refractivity contribution is 0.505. The molecule has 2 aromatic rings. The van der Waals surface area contributed by atoms with E-state index < -0.39 is 0 Å². The van der Waals surface area contributed by atoms with Crippen molar-refractivity contribution in [1.29, 1.82) is 0 Å². The van der Waals surface area contributed by atoms with Crippen molar-refractivity contribution in [3.8, 4) is 0 Å². The molecule has 1 aliphatic rings. The van der Waals surface area contributed by atoms with Crippen LogP contribution in [0.25, 0.3) is 0 Å². The van der Waals surface area contributed by atoms with Crippen molar-refractivity contribution in [2.24, 2.45) is 5.73 Å². The average molecular weight is 219 g/mol. The Morgan fingerprint density at radius 1 is 1.53 bits per heavy atom. The first-order valence-corrected chi connectivity index (χ1v) is 6.03. The highest BCUT2D eigenvalue weighted by Gasteiger charge is 2.27. The van der Waals surface area contributed by atoms with Crippen molar-refractivity contribution >= 4 is 11.3 Å². The Bertz CT molecular complexity index is 446. The summed E-state index contributed by atoms with van der Waals surface area (Å²) < 4.78 is 0. The zero-order valence-electron chi connectivity index (χ0n) is 8.31. The molecular formula is C11H13N3S. The molecule has 15 heavy (non-hydrogen) atoms. The third kappa shape index (κ3) is 1.50. The topological polar surface area (TPSA) is 54.7 Å². The number of nitrogens with zero attached hydrogens (tertiary/aromatic N) is 1. The van der Waals surface area contributed by atoms with Crippen LogP contribution in [-0.2, 0) is 6.42 Å². The predicted octanol–water partition coefficient (Wildman–Crippen LogP) is 2.20. The molecule has 0 fully saturated rings. The van der Waals surface area contributed by atoms with Crippen molar-refractivity contribution in [2.45, 2.75) is 24.8 Å². The van der Waals surface area contributed by atoms with E-state index >= 15 is 0 Å². The summed E-state index contributed by atoms with van der Waals surface area (Å²) in [5.74, 6) is 0.563. The van der Waals surface area contributed by atoms with Crippen LogP contribution >= 0.6 is 11.3 Å². The van der Waals surface area contributed by atoms with Crippen molar-refractivity contribution < 1.29 is 0 Å². The summed E-state index contributed by atoms with van der Waals surface area (Å²) in [7, 11) is 0. The molecule has 2 aromatic heterocycles. The quantitative estimate of drug-likeness (QED) is 0.772. The highest BCUT2D eigenvalue weighted by Crippen LogP contribution is 2.37. The van der Waals surface area contributed by atoms with Gasteiger partial charge in [-0.2, -0.15) is 5.10 Å². The Kier molecular flexibility index (Phi) is 2.11. The highest BCUT2D eigenvalue weighted by atomic mass is 32.1. The second-order valence-electron chi connectivity index (χ2n) is 4.06. The first kappa shape index (κ1) is 9.12. The Labute approximate surface area is 92.3 Å². The monoisotopic (exact) mass is 219 g/mol. The van der Waals surface area contributed by atoms with Gasteiger partial charge in [-0.1, -0.05) is 6.07 Å². The van der Waals surface area contributed by atoms with Gasteiger partial charge in [0.05, 0.1) is 6.20 Å². The number of hydrogen-bond acceptors (Lipinski definition) is 3. The molecule has 0 aliphatic heterocycles.